The molecule has 1 aliphatic rings. The molecule has 1 saturated heterocycles. The lowest BCUT2D eigenvalue weighted by Crippen LogP contribution is -2.44. The first-order valence-corrected chi connectivity index (χ1v) is 6.74. The Labute approximate surface area is 107 Å². The van der Waals surface area contributed by atoms with E-state index in [0.717, 1.165) is 32.5 Å². The predicted octanol–water partition coefficient (Wildman–Crippen LogP) is 0.891. The highest BCUT2D eigenvalue weighted by molar-refractivity contribution is 5.16. The van der Waals surface area contributed by atoms with Crippen LogP contribution in [0.5, 0.6) is 0 Å². The van der Waals surface area contributed by atoms with Crippen molar-refractivity contribution in [2.75, 3.05) is 31.6 Å². The minimum absolute atomic E-state index is 0.251. The van der Waals surface area contributed by atoms with E-state index in [4.69, 9.17) is 4.42 Å². The molecule has 18 heavy (non-hydrogen) atoms. The summed E-state index contributed by atoms with van der Waals surface area (Å²) < 4.78 is 5.37. The summed E-state index contributed by atoms with van der Waals surface area (Å²) in [7, 11) is 0. The van der Waals surface area contributed by atoms with E-state index in [0.29, 0.717) is 17.9 Å². The zero-order valence-electron chi connectivity index (χ0n) is 10.9. The van der Waals surface area contributed by atoms with Gasteiger partial charge in [0.25, 0.3) is 0 Å². The van der Waals surface area contributed by atoms with Gasteiger partial charge in [-0.05, 0) is 19.4 Å². The first-order chi connectivity index (χ1) is 8.83. The number of rotatable bonds is 6. The van der Waals surface area contributed by atoms with E-state index < -0.39 is 0 Å². The lowest BCUT2D eigenvalue weighted by molar-refractivity contribution is 0.0939. The van der Waals surface area contributed by atoms with Crippen LogP contribution in [0.2, 0.25) is 0 Å². The summed E-state index contributed by atoms with van der Waals surface area (Å²) in [4.78, 5) is 2.33. The number of hydrogen-bond acceptors (Lipinski definition) is 6. The number of nitrogens with zero attached hydrogens (tertiary/aromatic N) is 3. The summed E-state index contributed by atoms with van der Waals surface area (Å²) in [5.41, 5.74) is 0. The second-order valence-electron chi connectivity index (χ2n) is 4.65. The molecule has 0 aromatic carbocycles. The standard InChI is InChI=1S/C12H22N4O2/c1-2-11-14-15-12(18-11)13-6-8-16-7-4-3-5-10(16)9-17/h10,17H,2-9H2,1H3,(H,13,15). The summed E-state index contributed by atoms with van der Waals surface area (Å²) in [6, 6.07) is 0.804. The fourth-order valence-electron chi connectivity index (χ4n) is 2.34. The third kappa shape index (κ3) is 3.43. The summed E-state index contributed by atoms with van der Waals surface area (Å²) in [6.45, 7) is 4.96. The van der Waals surface area contributed by atoms with Crippen molar-refractivity contribution in [1.82, 2.24) is 15.1 Å². The van der Waals surface area contributed by atoms with Crippen molar-refractivity contribution in [2.45, 2.75) is 38.6 Å². The number of piperidine rings is 1. The molecule has 1 aromatic heterocycles. The average molecular weight is 254 g/mol. The van der Waals surface area contributed by atoms with Gasteiger partial charge >= 0.3 is 6.01 Å². The summed E-state index contributed by atoms with van der Waals surface area (Å²) >= 11 is 0. The summed E-state index contributed by atoms with van der Waals surface area (Å²) in [5.74, 6) is 0.656. The molecule has 1 fully saturated rings. The Morgan fingerprint density at radius 3 is 3.06 bits per heavy atom. The number of hydrogen-bond donors (Lipinski definition) is 2. The number of aliphatic hydroxyl groups is 1. The van der Waals surface area contributed by atoms with Gasteiger partial charge in [-0.3, -0.25) is 4.90 Å². The zero-order chi connectivity index (χ0) is 12.8. The van der Waals surface area contributed by atoms with Gasteiger partial charge in [0.05, 0.1) is 6.61 Å². The minimum atomic E-state index is 0.251. The number of aryl methyl sites for hydroxylation is 1. The van der Waals surface area contributed by atoms with Gasteiger partial charge in [0.2, 0.25) is 5.89 Å². The van der Waals surface area contributed by atoms with Gasteiger partial charge in [0.1, 0.15) is 0 Å². The van der Waals surface area contributed by atoms with Gasteiger partial charge in [-0.15, -0.1) is 5.10 Å². The molecular weight excluding hydrogens is 232 g/mol. The highest BCUT2D eigenvalue weighted by Gasteiger charge is 2.20. The molecule has 2 N–H and O–H groups in total. The van der Waals surface area contributed by atoms with Gasteiger partial charge in [0, 0.05) is 25.6 Å². The highest BCUT2D eigenvalue weighted by atomic mass is 16.4. The molecule has 1 unspecified atom stereocenters. The topological polar surface area (TPSA) is 74.4 Å². The van der Waals surface area contributed by atoms with Crippen LogP contribution in [0.25, 0.3) is 0 Å². The molecule has 102 valence electrons. The van der Waals surface area contributed by atoms with Crippen LogP contribution in [0.15, 0.2) is 4.42 Å². The Bertz CT molecular complexity index is 356. The van der Waals surface area contributed by atoms with Crippen LogP contribution in [-0.2, 0) is 6.42 Å². The molecule has 0 saturated carbocycles. The van der Waals surface area contributed by atoms with Crippen LogP contribution in [0, 0.1) is 0 Å². The quantitative estimate of drug-likeness (QED) is 0.785. The minimum Gasteiger partial charge on any atom is -0.408 e. The molecule has 6 nitrogen and oxygen atoms in total. The van der Waals surface area contributed by atoms with Crippen molar-refractivity contribution in [1.29, 1.82) is 0 Å². The molecule has 0 spiro atoms. The maximum absolute atomic E-state index is 9.31. The maximum Gasteiger partial charge on any atom is 0.315 e. The fourth-order valence-corrected chi connectivity index (χ4v) is 2.34. The first kappa shape index (κ1) is 13.3. The second kappa shape index (κ2) is 6.70. The molecule has 0 aliphatic carbocycles. The van der Waals surface area contributed by atoms with Crippen molar-refractivity contribution in [2.24, 2.45) is 0 Å². The Morgan fingerprint density at radius 2 is 2.33 bits per heavy atom. The van der Waals surface area contributed by atoms with Crippen molar-refractivity contribution >= 4 is 6.01 Å². The average Bonchev–Trinajstić information content (AvgIpc) is 2.87. The van der Waals surface area contributed by atoms with E-state index in [1.165, 1.54) is 12.8 Å². The van der Waals surface area contributed by atoms with Crippen molar-refractivity contribution in [3.63, 3.8) is 0 Å². The van der Waals surface area contributed by atoms with Crippen molar-refractivity contribution < 1.29 is 9.52 Å². The molecule has 2 heterocycles. The number of likely N-dealkylation sites (tertiary alicyclic amines) is 1. The Kier molecular flexibility index (Phi) is 4.95. The molecule has 6 heteroatoms. The van der Waals surface area contributed by atoms with E-state index in [1.54, 1.807) is 0 Å². The summed E-state index contributed by atoms with van der Waals surface area (Å²) in [5, 5.41) is 20.2. The van der Waals surface area contributed by atoms with Gasteiger partial charge in [-0.2, -0.15) is 0 Å². The molecule has 1 aliphatic heterocycles. The lowest BCUT2D eigenvalue weighted by atomic mass is 10.0. The largest absolute Gasteiger partial charge is 0.408 e. The maximum atomic E-state index is 9.31. The third-order valence-corrected chi connectivity index (χ3v) is 3.40. The molecule has 1 aromatic rings. The smallest absolute Gasteiger partial charge is 0.315 e. The highest BCUT2D eigenvalue weighted by Crippen LogP contribution is 2.16. The van der Waals surface area contributed by atoms with E-state index in [-0.39, 0.29) is 6.61 Å². The number of aromatic nitrogens is 2. The zero-order valence-corrected chi connectivity index (χ0v) is 10.9. The second-order valence-corrected chi connectivity index (χ2v) is 4.65. The van der Waals surface area contributed by atoms with E-state index in [2.05, 4.69) is 20.4 Å². The normalized spacial score (nSPS) is 21.1. The molecule has 0 bridgehead atoms. The van der Waals surface area contributed by atoms with Crippen LogP contribution in [0.4, 0.5) is 6.01 Å². The van der Waals surface area contributed by atoms with E-state index in [9.17, 15) is 5.11 Å². The van der Waals surface area contributed by atoms with Gasteiger partial charge in [-0.25, -0.2) is 0 Å². The van der Waals surface area contributed by atoms with Crippen LogP contribution >= 0.6 is 0 Å². The van der Waals surface area contributed by atoms with Crippen LogP contribution in [0.1, 0.15) is 32.1 Å². The third-order valence-electron chi connectivity index (χ3n) is 3.40. The molecular formula is C12H22N4O2. The molecule has 1 atom stereocenters. The van der Waals surface area contributed by atoms with Crippen molar-refractivity contribution in [3.8, 4) is 0 Å². The van der Waals surface area contributed by atoms with E-state index >= 15 is 0 Å². The van der Waals surface area contributed by atoms with E-state index in [1.807, 2.05) is 6.92 Å². The van der Waals surface area contributed by atoms with Crippen molar-refractivity contribution in [3.05, 3.63) is 5.89 Å². The van der Waals surface area contributed by atoms with Gasteiger partial charge in [-0.1, -0.05) is 18.4 Å². The monoisotopic (exact) mass is 254 g/mol. The molecule has 0 radical (unpaired) electrons. The van der Waals surface area contributed by atoms with Crippen LogP contribution in [-0.4, -0.2) is 52.5 Å². The Balaban J connectivity index is 1.73. The first-order valence-electron chi connectivity index (χ1n) is 6.74. The van der Waals surface area contributed by atoms with Gasteiger partial charge in [0.15, 0.2) is 0 Å². The van der Waals surface area contributed by atoms with Crippen LogP contribution in [0.3, 0.4) is 0 Å². The summed E-state index contributed by atoms with van der Waals surface area (Å²) in [6.07, 6.45) is 4.29. The SMILES string of the molecule is CCc1nnc(NCCN2CCCCC2CO)o1. The van der Waals surface area contributed by atoms with Crippen LogP contribution < -0.4 is 5.32 Å². The van der Waals surface area contributed by atoms with Gasteiger partial charge < -0.3 is 14.8 Å². The molecule has 0 amide bonds. The number of nitrogens with one attached hydrogen (secondary N) is 1. The predicted molar refractivity (Wildman–Crippen MR) is 68.5 cm³/mol. The Morgan fingerprint density at radius 1 is 1.44 bits per heavy atom. The number of anilines is 1. The number of aliphatic hydroxyl groups excluding tert-OH is 1. The Hall–Kier alpha value is -1.14. The molecule has 2 rings (SSSR count). The fraction of sp³-hybridized carbons (Fsp3) is 0.833. The lowest BCUT2D eigenvalue weighted by Gasteiger charge is -2.34.